The van der Waals surface area contributed by atoms with Crippen molar-refractivity contribution in [2.24, 2.45) is 0 Å². The lowest BCUT2D eigenvalue weighted by molar-refractivity contribution is 0.0169. The van der Waals surface area contributed by atoms with E-state index in [1.54, 1.807) is 12.1 Å². The first-order valence-electron chi connectivity index (χ1n) is 7.31. The Kier molecular flexibility index (Phi) is 6.34. The first-order valence-corrected chi connectivity index (χ1v) is 8.79. The fourth-order valence-electron chi connectivity index (χ4n) is 2.19. The average Bonchev–Trinajstić information content (AvgIpc) is 3.04. The summed E-state index contributed by atoms with van der Waals surface area (Å²) < 4.78 is 37.5. The van der Waals surface area contributed by atoms with Gasteiger partial charge in [-0.3, -0.25) is 0 Å². The van der Waals surface area contributed by atoms with E-state index < -0.39 is 10.0 Å². The van der Waals surface area contributed by atoms with Gasteiger partial charge in [-0.05, 0) is 37.5 Å². The molecule has 1 aromatic rings. The molecule has 0 aromatic heterocycles. The van der Waals surface area contributed by atoms with Gasteiger partial charge in [-0.15, -0.1) is 0 Å². The predicted molar refractivity (Wildman–Crippen MR) is 80.8 cm³/mol. The van der Waals surface area contributed by atoms with Crippen LogP contribution < -0.4 is 4.72 Å². The summed E-state index contributed by atoms with van der Waals surface area (Å²) in [6.45, 7) is 2.15. The monoisotopic (exact) mass is 324 g/mol. The van der Waals surface area contributed by atoms with Gasteiger partial charge in [0.25, 0.3) is 0 Å². The predicted octanol–water partition coefficient (Wildman–Crippen LogP) is 1.42. The van der Waals surface area contributed by atoms with Crippen LogP contribution in [0.25, 0.3) is 0 Å². The van der Waals surface area contributed by atoms with E-state index in [4.69, 9.17) is 14.7 Å². The Morgan fingerprint density at radius 1 is 1.45 bits per heavy atom. The first-order chi connectivity index (χ1) is 10.6. The van der Waals surface area contributed by atoms with Crippen LogP contribution >= 0.6 is 0 Å². The van der Waals surface area contributed by atoms with Crippen molar-refractivity contribution in [3.8, 4) is 6.07 Å². The lowest BCUT2D eigenvalue weighted by Gasteiger charge is -2.10. The average molecular weight is 324 g/mol. The fourth-order valence-corrected chi connectivity index (χ4v) is 3.31. The highest BCUT2D eigenvalue weighted by Crippen LogP contribution is 2.12. The van der Waals surface area contributed by atoms with Gasteiger partial charge in [0.1, 0.15) is 0 Å². The maximum Gasteiger partial charge on any atom is 0.240 e. The van der Waals surface area contributed by atoms with Gasteiger partial charge in [0.05, 0.1) is 29.2 Å². The summed E-state index contributed by atoms with van der Waals surface area (Å²) in [4.78, 5) is 0.104. The fraction of sp³-hybridized carbons (Fsp3) is 0.533. The molecule has 0 amide bonds. The van der Waals surface area contributed by atoms with Crippen LogP contribution in [0.4, 0.5) is 0 Å². The Labute approximate surface area is 131 Å². The summed E-state index contributed by atoms with van der Waals surface area (Å²) in [6, 6.07) is 7.87. The highest BCUT2D eigenvalue weighted by Gasteiger charge is 2.16. The van der Waals surface area contributed by atoms with Gasteiger partial charge in [-0.2, -0.15) is 5.26 Å². The van der Waals surface area contributed by atoms with Crippen molar-refractivity contribution in [1.82, 2.24) is 4.72 Å². The first kappa shape index (κ1) is 16.9. The molecule has 7 heteroatoms. The molecule has 0 unspecified atom stereocenters. The van der Waals surface area contributed by atoms with Gasteiger partial charge in [-0.25, -0.2) is 13.1 Å². The van der Waals surface area contributed by atoms with E-state index in [-0.39, 0.29) is 11.0 Å². The van der Waals surface area contributed by atoms with Gasteiger partial charge in [-0.1, -0.05) is 6.07 Å². The number of nitrogens with zero attached hydrogens (tertiary/aromatic N) is 1. The summed E-state index contributed by atoms with van der Waals surface area (Å²) in [5, 5.41) is 8.80. The summed E-state index contributed by atoms with van der Waals surface area (Å²) in [5.74, 6) is 0. The van der Waals surface area contributed by atoms with Gasteiger partial charge in [0.2, 0.25) is 10.0 Å². The summed E-state index contributed by atoms with van der Waals surface area (Å²) in [7, 11) is -3.58. The summed E-state index contributed by atoms with van der Waals surface area (Å²) in [5.41, 5.74) is 0.322. The second-order valence-corrected chi connectivity index (χ2v) is 6.87. The van der Waals surface area contributed by atoms with Crippen LogP contribution in [0.2, 0.25) is 0 Å². The van der Waals surface area contributed by atoms with E-state index >= 15 is 0 Å². The molecule has 1 N–H and O–H groups in total. The minimum Gasteiger partial charge on any atom is -0.379 e. The number of benzene rings is 1. The zero-order valence-electron chi connectivity index (χ0n) is 12.3. The molecular formula is C15H20N2O4S. The van der Waals surface area contributed by atoms with Crippen LogP contribution in [-0.2, 0) is 19.5 Å². The molecule has 0 saturated carbocycles. The second-order valence-electron chi connectivity index (χ2n) is 5.10. The van der Waals surface area contributed by atoms with Gasteiger partial charge in [0, 0.05) is 19.8 Å². The number of hydrogen-bond acceptors (Lipinski definition) is 5. The molecule has 22 heavy (non-hydrogen) atoms. The molecule has 1 aromatic carbocycles. The van der Waals surface area contributed by atoms with E-state index in [1.807, 2.05) is 6.07 Å². The molecule has 0 bridgehead atoms. The van der Waals surface area contributed by atoms with E-state index in [1.165, 1.54) is 12.1 Å². The second kappa shape index (κ2) is 8.25. The van der Waals surface area contributed by atoms with Crippen LogP contribution in [0, 0.1) is 11.3 Å². The lowest BCUT2D eigenvalue weighted by atomic mass is 10.2. The molecule has 1 aliphatic heterocycles. The topological polar surface area (TPSA) is 88.4 Å². The molecule has 1 aliphatic rings. The Balaban J connectivity index is 1.69. The minimum atomic E-state index is -3.58. The number of ether oxygens (including phenoxy) is 2. The Hall–Kier alpha value is -1.46. The van der Waals surface area contributed by atoms with Crippen LogP contribution in [0.5, 0.6) is 0 Å². The van der Waals surface area contributed by atoms with Crippen LogP contribution in [0.3, 0.4) is 0 Å². The van der Waals surface area contributed by atoms with Crippen LogP contribution in [0.1, 0.15) is 24.8 Å². The SMILES string of the molecule is N#Cc1cccc(S(=O)(=O)NCCCOC[C@@H]2CCCO2)c1. The number of nitrogens with one attached hydrogen (secondary N) is 1. The molecule has 2 rings (SSSR count). The molecule has 0 radical (unpaired) electrons. The van der Waals surface area contributed by atoms with Crippen molar-refractivity contribution in [3.63, 3.8) is 0 Å². The highest BCUT2D eigenvalue weighted by atomic mass is 32.2. The third-order valence-electron chi connectivity index (χ3n) is 3.36. The Morgan fingerprint density at radius 3 is 3.05 bits per heavy atom. The molecule has 1 saturated heterocycles. The molecule has 1 atom stereocenters. The molecule has 1 fully saturated rings. The largest absolute Gasteiger partial charge is 0.379 e. The zero-order valence-corrected chi connectivity index (χ0v) is 13.1. The number of hydrogen-bond donors (Lipinski definition) is 1. The highest BCUT2D eigenvalue weighted by molar-refractivity contribution is 7.89. The number of rotatable bonds is 8. The van der Waals surface area contributed by atoms with Crippen molar-refractivity contribution < 1.29 is 17.9 Å². The molecule has 120 valence electrons. The van der Waals surface area contributed by atoms with Crippen molar-refractivity contribution in [2.75, 3.05) is 26.4 Å². The number of sulfonamides is 1. The van der Waals surface area contributed by atoms with Crippen molar-refractivity contribution in [1.29, 1.82) is 5.26 Å². The third kappa shape index (κ3) is 5.07. The normalized spacial score (nSPS) is 18.2. The minimum absolute atomic E-state index is 0.104. The maximum atomic E-state index is 12.1. The Morgan fingerprint density at radius 2 is 2.32 bits per heavy atom. The van der Waals surface area contributed by atoms with Crippen molar-refractivity contribution in [2.45, 2.75) is 30.3 Å². The van der Waals surface area contributed by atoms with Gasteiger partial charge < -0.3 is 9.47 Å². The van der Waals surface area contributed by atoms with E-state index in [9.17, 15) is 8.42 Å². The van der Waals surface area contributed by atoms with E-state index in [0.717, 1.165) is 19.4 Å². The lowest BCUT2D eigenvalue weighted by Crippen LogP contribution is -2.26. The smallest absolute Gasteiger partial charge is 0.240 e. The van der Waals surface area contributed by atoms with Crippen molar-refractivity contribution in [3.05, 3.63) is 29.8 Å². The molecule has 1 heterocycles. The van der Waals surface area contributed by atoms with Crippen molar-refractivity contribution >= 4 is 10.0 Å². The summed E-state index contributed by atoms with van der Waals surface area (Å²) >= 11 is 0. The third-order valence-corrected chi connectivity index (χ3v) is 4.82. The molecule has 0 aliphatic carbocycles. The summed E-state index contributed by atoms with van der Waals surface area (Å²) in [6.07, 6.45) is 2.88. The maximum absolute atomic E-state index is 12.1. The number of nitriles is 1. The van der Waals surface area contributed by atoms with E-state index in [0.29, 0.717) is 31.7 Å². The van der Waals surface area contributed by atoms with Crippen LogP contribution in [0.15, 0.2) is 29.2 Å². The van der Waals surface area contributed by atoms with Gasteiger partial charge >= 0.3 is 0 Å². The molecular weight excluding hydrogens is 304 g/mol. The molecule has 6 nitrogen and oxygen atoms in total. The Bertz CT molecular complexity index is 619. The zero-order chi connectivity index (χ0) is 15.8. The van der Waals surface area contributed by atoms with E-state index in [2.05, 4.69) is 4.72 Å². The van der Waals surface area contributed by atoms with Crippen LogP contribution in [-0.4, -0.2) is 40.9 Å². The quantitative estimate of drug-likeness (QED) is 0.731. The standard InChI is InChI=1S/C15H20N2O4S/c16-11-13-4-1-6-15(10-13)22(18,19)17-7-3-8-20-12-14-5-2-9-21-14/h1,4,6,10,14,17H,2-3,5,7-9,12H2/t14-/m0/s1. The molecule has 0 spiro atoms. The van der Waals surface area contributed by atoms with Gasteiger partial charge in [0.15, 0.2) is 0 Å².